The van der Waals surface area contributed by atoms with Crippen molar-refractivity contribution in [2.75, 3.05) is 5.32 Å². The number of hydrazine groups is 1. The van der Waals surface area contributed by atoms with Gasteiger partial charge in [0.1, 0.15) is 0 Å². The SMILES string of the molecule is CCCC(=O)NNC(=S)Nc1ccc([C@H](C)CC)cc1. The first-order chi connectivity index (χ1) is 9.56. The molecule has 0 radical (unpaired) electrons. The minimum atomic E-state index is -0.0660. The Morgan fingerprint density at radius 1 is 1.20 bits per heavy atom. The second-order valence-corrected chi connectivity index (χ2v) is 5.22. The van der Waals surface area contributed by atoms with Crippen LogP contribution in [0, 0.1) is 0 Å². The molecular weight excluding hydrogens is 270 g/mol. The van der Waals surface area contributed by atoms with Gasteiger partial charge in [0.2, 0.25) is 5.91 Å². The van der Waals surface area contributed by atoms with Crippen LogP contribution < -0.4 is 16.2 Å². The zero-order chi connectivity index (χ0) is 15.0. The molecule has 0 aliphatic heterocycles. The number of carbonyl (C=O) groups is 1. The molecule has 1 aromatic rings. The van der Waals surface area contributed by atoms with Crippen molar-refractivity contribution < 1.29 is 4.79 Å². The predicted molar refractivity (Wildman–Crippen MR) is 87.6 cm³/mol. The number of carbonyl (C=O) groups excluding carboxylic acids is 1. The number of nitrogens with one attached hydrogen (secondary N) is 3. The molecule has 0 aromatic heterocycles. The van der Waals surface area contributed by atoms with E-state index < -0.39 is 0 Å². The molecule has 0 saturated heterocycles. The van der Waals surface area contributed by atoms with E-state index in [2.05, 4.69) is 42.1 Å². The summed E-state index contributed by atoms with van der Waals surface area (Å²) in [5.41, 5.74) is 7.45. The van der Waals surface area contributed by atoms with Crippen molar-refractivity contribution in [2.45, 2.75) is 46.0 Å². The normalized spacial score (nSPS) is 11.6. The molecule has 0 aliphatic carbocycles. The second-order valence-electron chi connectivity index (χ2n) is 4.81. The molecule has 0 fully saturated rings. The summed E-state index contributed by atoms with van der Waals surface area (Å²) < 4.78 is 0. The molecule has 1 aromatic carbocycles. The molecule has 1 rings (SSSR count). The van der Waals surface area contributed by atoms with Gasteiger partial charge in [-0.3, -0.25) is 15.6 Å². The highest BCUT2D eigenvalue weighted by Crippen LogP contribution is 2.20. The number of anilines is 1. The lowest BCUT2D eigenvalue weighted by molar-refractivity contribution is -0.121. The Morgan fingerprint density at radius 3 is 2.40 bits per heavy atom. The molecule has 0 bridgehead atoms. The smallest absolute Gasteiger partial charge is 0.238 e. The van der Waals surface area contributed by atoms with E-state index in [9.17, 15) is 4.79 Å². The molecule has 1 atom stereocenters. The van der Waals surface area contributed by atoms with Crippen molar-refractivity contribution in [1.29, 1.82) is 0 Å². The summed E-state index contributed by atoms with van der Waals surface area (Å²) in [4.78, 5) is 11.3. The van der Waals surface area contributed by atoms with Crippen molar-refractivity contribution in [3.63, 3.8) is 0 Å². The average molecular weight is 293 g/mol. The van der Waals surface area contributed by atoms with E-state index in [-0.39, 0.29) is 5.91 Å². The highest BCUT2D eigenvalue weighted by Gasteiger charge is 2.04. The number of rotatable bonds is 5. The van der Waals surface area contributed by atoms with Gasteiger partial charge in [-0.15, -0.1) is 0 Å². The van der Waals surface area contributed by atoms with Crippen LogP contribution in [0.15, 0.2) is 24.3 Å². The van der Waals surface area contributed by atoms with Crippen molar-refractivity contribution in [3.8, 4) is 0 Å². The van der Waals surface area contributed by atoms with Crippen molar-refractivity contribution in [2.24, 2.45) is 0 Å². The lowest BCUT2D eigenvalue weighted by atomic mass is 9.99. The Balaban J connectivity index is 2.44. The van der Waals surface area contributed by atoms with Crippen molar-refractivity contribution >= 4 is 28.9 Å². The maximum Gasteiger partial charge on any atom is 0.238 e. The van der Waals surface area contributed by atoms with Gasteiger partial charge < -0.3 is 5.32 Å². The highest BCUT2D eigenvalue weighted by atomic mass is 32.1. The summed E-state index contributed by atoms with van der Waals surface area (Å²) in [6.45, 7) is 6.34. The number of benzene rings is 1. The van der Waals surface area contributed by atoms with Crippen LogP contribution >= 0.6 is 12.2 Å². The van der Waals surface area contributed by atoms with Gasteiger partial charge in [0.25, 0.3) is 0 Å². The number of hydrogen-bond donors (Lipinski definition) is 3. The Hall–Kier alpha value is -1.62. The van der Waals surface area contributed by atoms with Crippen LogP contribution in [0.2, 0.25) is 0 Å². The van der Waals surface area contributed by atoms with Gasteiger partial charge in [-0.05, 0) is 48.7 Å². The van der Waals surface area contributed by atoms with E-state index in [1.54, 1.807) is 0 Å². The summed E-state index contributed by atoms with van der Waals surface area (Å²) in [6.07, 6.45) is 2.42. The molecule has 5 heteroatoms. The highest BCUT2D eigenvalue weighted by molar-refractivity contribution is 7.80. The quantitative estimate of drug-likeness (QED) is 0.576. The summed E-state index contributed by atoms with van der Waals surface area (Å²) >= 11 is 5.11. The number of amides is 1. The standard InChI is InChI=1S/C15H23N3OS/c1-4-6-14(19)17-18-15(20)16-13-9-7-12(8-10-13)11(3)5-2/h7-11H,4-6H2,1-3H3,(H,17,19)(H2,16,18,20)/t11-/m1/s1. The first kappa shape index (κ1) is 16.4. The zero-order valence-corrected chi connectivity index (χ0v) is 13.1. The van der Waals surface area contributed by atoms with Crippen LogP contribution in [0.3, 0.4) is 0 Å². The fraction of sp³-hybridized carbons (Fsp3) is 0.467. The van der Waals surface area contributed by atoms with Crippen LogP contribution in [-0.4, -0.2) is 11.0 Å². The lowest BCUT2D eigenvalue weighted by Crippen LogP contribution is -2.43. The molecule has 0 aliphatic rings. The van der Waals surface area contributed by atoms with E-state index in [1.807, 2.05) is 19.1 Å². The second kappa shape index (κ2) is 8.53. The maximum absolute atomic E-state index is 11.3. The van der Waals surface area contributed by atoms with Crippen LogP contribution in [-0.2, 0) is 4.79 Å². The van der Waals surface area contributed by atoms with E-state index in [4.69, 9.17) is 12.2 Å². The molecule has 0 heterocycles. The monoisotopic (exact) mass is 293 g/mol. The first-order valence-electron chi connectivity index (χ1n) is 7.02. The van der Waals surface area contributed by atoms with Crippen LogP contribution in [0.25, 0.3) is 0 Å². The Bertz CT molecular complexity index is 445. The molecule has 110 valence electrons. The maximum atomic E-state index is 11.3. The summed E-state index contributed by atoms with van der Waals surface area (Å²) in [5, 5.41) is 3.41. The topological polar surface area (TPSA) is 53.2 Å². The van der Waals surface area contributed by atoms with E-state index in [0.29, 0.717) is 17.5 Å². The lowest BCUT2D eigenvalue weighted by Gasteiger charge is -2.13. The minimum Gasteiger partial charge on any atom is -0.331 e. The Morgan fingerprint density at radius 2 is 1.85 bits per heavy atom. The van der Waals surface area contributed by atoms with Gasteiger partial charge in [-0.25, -0.2) is 0 Å². The third-order valence-corrected chi connectivity index (χ3v) is 3.35. The Kier molecular flexibility index (Phi) is 7.01. The van der Waals surface area contributed by atoms with Gasteiger partial charge in [-0.1, -0.05) is 32.9 Å². The molecule has 4 nitrogen and oxygen atoms in total. The molecule has 1 amide bonds. The van der Waals surface area contributed by atoms with Gasteiger partial charge in [0.05, 0.1) is 0 Å². The number of thiocarbonyl (C=S) groups is 1. The van der Waals surface area contributed by atoms with E-state index >= 15 is 0 Å². The van der Waals surface area contributed by atoms with Crippen LogP contribution in [0.5, 0.6) is 0 Å². The molecule has 20 heavy (non-hydrogen) atoms. The third-order valence-electron chi connectivity index (χ3n) is 3.14. The van der Waals surface area contributed by atoms with Crippen LogP contribution in [0.1, 0.15) is 51.5 Å². The first-order valence-corrected chi connectivity index (χ1v) is 7.43. The zero-order valence-electron chi connectivity index (χ0n) is 12.3. The number of hydrogen-bond acceptors (Lipinski definition) is 2. The van der Waals surface area contributed by atoms with Crippen molar-refractivity contribution in [3.05, 3.63) is 29.8 Å². The molecular formula is C15H23N3OS. The van der Waals surface area contributed by atoms with Crippen LogP contribution in [0.4, 0.5) is 5.69 Å². The van der Waals surface area contributed by atoms with Gasteiger partial charge >= 0.3 is 0 Å². The van der Waals surface area contributed by atoms with E-state index in [0.717, 1.165) is 18.5 Å². The third kappa shape index (κ3) is 5.57. The van der Waals surface area contributed by atoms with Gasteiger partial charge in [0, 0.05) is 12.1 Å². The fourth-order valence-electron chi connectivity index (χ4n) is 1.71. The van der Waals surface area contributed by atoms with Gasteiger partial charge in [-0.2, -0.15) is 0 Å². The molecule has 3 N–H and O–H groups in total. The predicted octanol–water partition coefficient (Wildman–Crippen LogP) is 3.32. The van der Waals surface area contributed by atoms with Gasteiger partial charge in [0.15, 0.2) is 5.11 Å². The Labute approximate surface area is 126 Å². The van der Waals surface area contributed by atoms with Crippen molar-refractivity contribution in [1.82, 2.24) is 10.9 Å². The van der Waals surface area contributed by atoms with E-state index in [1.165, 1.54) is 5.56 Å². The molecule has 0 spiro atoms. The molecule has 0 unspecified atom stereocenters. The fourth-order valence-corrected chi connectivity index (χ4v) is 1.88. The average Bonchev–Trinajstić information content (AvgIpc) is 2.45. The summed E-state index contributed by atoms with van der Waals surface area (Å²) in [6, 6.07) is 8.16. The largest absolute Gasteiger partial charge is 0.331 e. The minimum absolute atomic E-state index is 0.0660. The molecule has 0 saturated carbocycles. The summed E-state index contributed by atoms with van der Waals surface area (Å²) in [7, 11) is 0. The summed E-state index contributed by atoms with van der Waals surface area (Å²) in [5.74, 6) is 0.492.